The number of thiazole rings is 1. The Morgan fingerprint density at radius 1 is 0.905 bits per heavy atom. The Labute approximate surface area is 137 Å². The van der Waals surface area contributed by atoms with Gasteiger partial charge in [-0.2, -0.15) is 0 Å². The van der Waals surface area contributed by atoms with E-state index in [9.17, 15) is 0 Å². The van der Waals surface area contributed by atoms with Crippen LogP contribution in [-0.4, -0.2) is 4.98 Å². The standard InChI is InChI=1S/C18H16BrNS/c1-11-8-13(3)16(9-12(11)2)17-10-21-18(20-17)14-4-6-15(19)7-5-14/h4-10H,1-3H3. The van der Waals surface area contributed by atoms with Crippen molar-refractivity contribution in [3.63, 3.8) is 0 Å². The third-order valence-corrected chi connectivity index (χ3v) is 5.13. The van der Waals surface area contributed by atoms with Crippen molar-refractivity contribution in [2.45, 2.75) is 20.8 Å². The van der Waals surface area contributed by atoms with E-state index >= 15 is 0 Å². The summed E-state index contributed by atoms with van der Waals surface area (Å²) in [7, 11) is 0. The molecule has 0 bridgehead atoms. The molecule has 2 aromatic carbocycles. The van der Waals surface area contributed by atoms with Crippen LogP contribution in [0.5, 0.6) is 0 Å². The molecule has 0 atom stereocenters. The van der Waals surface area contributed by atoms with E-state index in [2.05, 4.69) is 78.5 Å². The number of halogens is 1. The van der Waals surface area contributed by atoms with E-state index in [1.165, 1.54) is 22.3 Å². The fourth-order valence-corrected chi connectivity index (χ4v) is 3.45. The monoisotopic (exact) mass is 357 g/mol. The van der Waals surface area contributed by atoms with Crippen molar-refractivity contribution in [3.05, 3.63) is 62.9 Å². The van der Waals surface area contributed by atoms with Crippen LogP contribution in [0.3, 0.4) is 0 Å². The molecule has 0 aliphatic carbocycles. The normalized spacial score (nSPS) is 10.9. The summed E-state index contributed by atoms with van der Waals surface area (Å²) in [6.45, 7) is 6.46. The molecular formula is C18H16BrNS. The topological polar surface area (TPSA) is 12.9 Å². The van der Waals surface area contributed by atoms with Crippen LogP contribution in [0.2, 0.25) is 0 Å². The van der Waals surface area contributed by atoms with Gasteiger partial charge in [0.25, 0.3) is 0 Å². The molecule has 1 aromatic heterocycles. The van der Waals surface area contributed by atoms with E-state index in [1.54, 1.807) is 11.3 Å². The van der Waals surface area contributed by atoms with Gasteiger partial charge in [-0.15, -0.1) is 11.3 Å². The fraction of sp³-hybridized carbons (Fsp3) is 0.167. The minimum Gasteiger partial charge on any atom is -0.236 e. The highest BCUT2D eigenvalue weighted by atomic mass is 79.9. The van der Waals surface area contributed by atoms with Gasteiger partial charge in [-0.1, -0.05) is 34.1 Å². The van der Waals surface area contributed by atoms with Gasteiger partial charge in [0, 0.05) is 21.0 Å². The molecular weight excluding hydrogens is 342 g/mol. The van der Waals surface area contributed by atoms with Crippen molar-refractivity contribution in [2.24, 2.45) is 0 Å². The lowest BCUT2D eigenvalue weighted by molar-refractivity contribution is 1.28. The highest BCUT2D eigenvalue weighted by molar-refractivity contribution is 9.10. The second kappa shape index (κ2) is 5.74. The number of aromatic nitrogens is 1. The highest BCUT2D eigenvalue weighted by Crippen LogP contribution is 2.32. The van der Waals surface area contributed by atoms with Gasteiger partial charge in [-0.3, -0.25) is 0 Å². The zero-order valence-corrected chi connectivity index (χ0v) is 14.7. The SMILES string of the molecule is Cc1cc(C)c(-c2csc(-c3ccc(Br)cc3)n2)cc1C. The number of hydrogen-bond donors (Lipinski definition) is 0. The zero-order valence-electron chi connectivity index (χ0n) is 12.3. The van der Waals surface area contributed by atoms with Crippen LogP contribution in [0.4, 0.5) is 0 Å². The van der Waals surface area contributed by atoms with E-state index in [-0.39, 0.29) is 0 Å². The van der Waals surface area contributed by atoms with Crippen LogP contribution in [0.15, 0.2) is 46.3 Å². The van der Waals surface area contributed by atoms with Gasteiger partial charge in [-0.25, -0.2) is 4.98 Å². The summed E-state index contributed by atoms with van der Waals surface area (Å²) in [6, 6.07) is 12.8. The quantitative estimate of drug-likeness (QED) is 0.534. The van der Waals surface area contributed by atoms with Gasteiger partial charge in [0.15, 0.2) is 0 Å². The Kier molecular flexibility index (Phi) is 3.96. The zero-order chi connectivity index (χ0) is 15.0. The smallest absolute Gasteiger partial charge is 0.124 e. The Morgan fingerprint density at radius 2 is 1.57 bits per heavy atom. The molecule has 0 N–H and O–H groups in total. The van der Waals surface area contributed by atoms with Crippen molar-refractivity contribution >= 4 is 27.3 Å². The average Bonchev–Trinajstić information content (AvgIpc) is 2.93. The number of aryl methyl sites for hydroxylation is 3. The molecule has 0 saturated heterocycles. The van der Waals surface area contributed by atoms with Crippen molar-refractivity contribution in [2.75, 3.05) is 0 Å². The van der Waals surface area contributed by atoms with E-state index in [0.717, 1.165) is 20.7 Å². The van der Waals surface area contributed by atoms with Crippen LogP contribution in [0.1, 0.15) is 16.7 Å². The molecule has 0 amide bonds. The molecule has 0 aliphatic rings. The first-order valence-corrected chi connectivity index (χ1v) is 8.51. The molecule has 21 heavy (non-hydrogen) atoms. The average molecular weight is 358 g/mol. The molecule has 1 heterocycles. The summed E-state index contributed by atoms with van der Waals surface area (Å²) in [5, 5.41) is 3.21. The van der Waals surface area contributed by atoms with Crippen molar-refractivity contribution < 1.29 is 0 Å². The van der Waals surface area contributed by atoms with E-state index in [1.807, 2.05) is 0 Å². The van der Waals surface area contributed by atoms with E-state index in [4.69, 9.17) is 4.98 Å². The predicted molar refractivity (Wildman–Crippen MR) is 94.9 cm³/mol. The maximum atomic E-state index is 4.82. The molecule has 1 nitrogen and oxygen atoms in total. The summed E-state index contributed by atoms with van der Waals surface area (Å²) in [5.41, 5.74) is 7.39. The summed E-state index contributed by atoms with van der Waals surface area (Å²) in [4.78, 5) is 4.82. The number of nitrogens with zero attached hydrogens (tertiary/aromatic N) is 1. The van der Waals surface area contributed by atoms with E-state index < -0.39 is 0 Å². The molecule has 3 rings (SSSR count). The molecule has 0 fully saturated rings. The lowest BCUT2D eigenvalue weighted by atomic mass is 9.99. The minimum atomic E-state index is 1.06. The lowest BCUT2D eigenvalue weighted by Gasteiger charge is -2.07. The summed E-state index contributed by atoms with van der Waals surface area (Å²) in [6.07, 6.45) is 0. The third-order valence-electron chi connectivity index (χ3n) is 3.71. The first-order valence-electron chi connectivity index (χ1n) is 6.84. The largest absolute Gasteiger partial charge is 0.236 e. The molecule has 0 aliphatic heterocycles. The minimum absolute atomic E-state index is 1.06. The Balaban J connectivity index is 2.02. The van der Waals surface area contributed by atoms with Crippen LogP contribution in [0, 0.1) is 20.8 Å². The third kappa shape index (κ3) is 2.94. The molecule has 106 valence electrons. The molecule has 3 heteroatoms. The highest BCUT2D eigenvalue weighted by Gasteiger charge is 2.10. The predicted octanol–water partition coefficient (Wildman–Crippen LogP) is 6.16. The first-order chi connectivity index (χ1) is 10.0. The summed E-state index contributed by atoms with van der Waals surface area (Å²) in [5.74, 6) is 0. The summed E-state index contributed by atoms with van der Waals surface area (Å²) < 4.78 is 1.09. The van der Waals surface area contributed by atoms with Gasteiger partial charge >= 0.3 is 0 Å². The summed E-state index contributed by atoms with van der Waals surface area (Å²) >= 11 is 5.16. The van der Waals surface area contributed by atoms with Crippen LogP contribution in [0.25, 0.3) is 21.8 Å². The van der Waals surface area contributed by atoms with Gasteiger partial charge in [0.05, 0.1) is 5.69 Å². The Hall–Kier alpha value is -1.45. The van der Waals surface area contributed by atoms with Crippen molar-refractivity contribution in [3.8, 4) is 21.8 Å². The molecule has 3 aromatic rings. The Bertz CT molecular complexity index is 787. The maximum absolute atomic E-state index is 4.82. The second-order valence-electron chi connectivity index (χ2n) is 5.30. The molecule has 0 saturated carbocycles. The van der Waals surface area contributed by atoms with Crippen molar-refractivity contribution in [1.29, 1.82) is 0 Å². The Morgan fingerprint density at radius 3 is 2.29 bits per heavy atom. The van der Waals surface area contributed by atoms with Gasteiger partial charge in [0.2, 0.25) is 0 Å². The molecule has 0 spiro atoms. The van der Waals surface area contributed by atoms with Crippen LogP contribution >= 0.6 is 27.3 Å². The maximum Gasteiger partial charge on any atom is 0.124 e. The number of benzene rings is 2. The van der Waals surface area contributed by atoms with Gasteiger partial charge in [0.1, 0.15) is 5.01 Å². The van der Waals surface area contributed by atoms with Crippen molar-refractivity contribution in [1.82, 2.24) is 4.98 Å². The lowest BCUT2D eigenvalue weighted by Crippen LogP contribution is -1.89. The van der Waals surface area contributed by atoms with Gasteiger partial charge < -0.3 is 0 Å². The second-order valence-corrected chi connectivity index (χ2v) is 7.07. The van der Waals surface area contributed by atoms with Crippen LogP contribution in [-0.2, 0) is 0 Å². The molecule has 0 radical (unpaired) electrons. The number of hydrogen-bond acceptors (Lipinski definition) is 2. The number of rotatable bonds is 2. The van der Waals surface area contributed by atoms with E-state index in [0.29, 0.717) is 0 Å². The first kappa shape index (κ1) is 14.5. The fourth-order valence-electron chi connectivity index (χ4n) is 2.36. The molecule has 0 unspecified atom stereocenters. The van der Waals surface area contributed by atoms with Gasteiger partial charge in [-0.05, 0) is 55.7 Å². The van der Waals surface area contributed by atoms with Crippen LogP contribution < -0.4 is 0 Å².